The topological polar surface area (TPSA) is 119 Å². The van der Waals surface area contributed by atoms with Crippen LogP contribution in [0.4, 0.5) is 0 Å². The molecule has 0 aliphatic carbocycles. The Hall–Kier alpha value is -3.50. The van der Waals surface area contributed by atoms with E-state index in [1.165, 1.54) is 0 Å². The van der Waals surface area contributed by atoms with Gasteiger partial charge in [-0.3, -0.25) is 19.7 Å². The SMILES string of the molecule is CC(=O)N1CCCC(Cn2c(-c3cc(C)c(=O)n(C)c3)nc3ccc(CN[C@H](C(=O)OC(C)C)[C@@H](C)O)cc32)C1. The number of carbonyl (C=O) groups excluding carboxylic acids is 2. The lowest BCUT2D eigenvalue weighted by atomic mass is 9.97. The zero-order valence-corrected chi connectivity index (χ0v) is 24.3. The van der Waals surface area contributed by atoms with E-state index in [4.69, 9.17) is 9.72 Å². The van der Waals surface area contributed by atoms with E-state index in [1.54, 1.807) is 46.2 Å². The zero-order valence-electron chi connectivity index (χ0n) is 24.3. The van der Waals surface area contributed by atoms with Crippen molar-refractivity contribution >= 4 is 22.9 Å². The summed E-state index contributed by atoms with van der Waals surface area (Å²) < 4.78 is 9.08. The van der Waals surface area contributed by atoms with E-state index < -0.39 is 18.1 Å². The molecule has 3 heterocycles. The summed E-state index contributed by atoms with van der Waals surface area (Å²) >= 11 is 0. The third-order valence-electron chi connectivity index (χ3n) is 7.45. The number of hydrogen-bond donors (Lipinski definition) is 2. The number of hydrogen-bond acceptors (Lipinski definition) is 7. The highest BCUT2D eigenvalue weighted by atomic mass is 16.5. The van der Waals surface area contributed by atoms with E-state index >= 15 is 0 Å². The van der Waals surface area contributed by atoms with Crippen LogP contribution in [0.3, 0.4) is 0 Å². The molecule has 0 bridgehead atoms. The molecule has 1 amide bonds. The minimum atomic E-state index is -0.921. The number of ether oxygens (including phenoxy) is 1. The fraction of sp³-hybridized carbons (Fsp3) is 0.533. The average Bonchev–Trinajstić information content (AvgIpc) is 3.24. The lowest BCUT2D eigenvalue weighted by Crippen LogP contribution is -2.46. The van der Waals surface area contributed by atoms with Gasteiger partial charge >= 0.3 is 5.97 Å². The number of fused-ring (bicyclic) bond motifs is 1. The number of imidazole rings is 1. The van der Waals surface area contributed by atoms with E-state index in [1.807, 2.05) is 35.4 Å². The van der Waals surface area contributed by atoms with Crippen molar-refractivity contribution in [1.82, 2.24) is 24.3 Å². The maximum atomic E-state index is 12.5. The Bertz CT molecular complexity index is 1410. The standard InChI is InChI=1S/C30H41N5O5/c1-18(2)40-30(39)27(20(4)36)31-14-22-9-10-25-26(13-22)35(16-23-8-7-11-34(15-23)21(5)37)28(32-25)24-12-19(3)29(38)33(6)17-24/h9-10,12-13,17-18,20,23,27,31,36H,7-8,11,14-16H2,1-6H3/t20-,23?,27+/m1/s1. The summed E-state index contributed by atoms with van der Waals surface area (Å²) in [6, 6.07) is 6.97. The van der Waals surface area contributed by atoms with Crippen LogP contribution >= 0.6 is 0 Å². The lowest BCUT2D eigenvalue weighted by molar-refractivity contribution is -0.152. The van der Waals surface area contributed by atoms with E-state index in [9.17, 15) is 19.5 Å². The summed E-state index contributed by atoms with van der Waals surface area (Å²) in [5.41, 5.74) is 4.11. The quantitative estimate of drug-likeness (QED) is 0.393. The van der Waals surface area contributed by atoms with E-state index in [-0.39, 0.29) is 23.5 Å². The predicted octanol–water partition coefficient (Wildman–Crippen LogP) is 2.76. The maximum Gasteiger partial charge on any atom is 0.326 e. The number of aromatic nitrogens is 3. The molecule has 3 aromatic rings. The summed E-state index contributed by atoms with van der Waals surface area (Å²) in [7, 11) is 1.74. The molecule has 3 atom stereocenters. The fourth-order valence-corrected chi connectivity index (χ4v) is 5.43. The van der Waals surface area contributed by atoms with Gasteiger partial charge in [-0.25, -0.2) is 4.98 Å². The van der Waals surface area contributed by atoms with Crippen LogP contribution in [-0.2, 0) is 34.5 Å². The molecule has 1 aliphatic heterocycles. The molecule has 1 fully saturated rings. The smallest absolute Gasteiger partial charge is 0.326 e. The van der Waals surface area contributed by atoms with Gasteiger partial charge in [0.2, 0.25) is 5.91 Å². The lowest BCUT2D eigenvalue weighted by Gasteiger charge is -2.32. The van der Waals surface area contributed by atoms with Crippen molar-refractivity contribution in [3.63, 3.8) is 0 Å². The molecule has 1 unspecified atom stereocenters. The summed E-state index contributed by atoms with van der Waals surface area (Å²) in [6.45, 7) is 11.0. The molecule has 1 saturated heterocycles. The maximum absolute atomic E-state index is 12.5. The molecule has 216 valence electrons. The Morgan fingerprint density at radius 2 is 1.98 bits per heavy atom. The number of pyridine rings is 1. The van der Waals surface area contributed by atoms with E-state index in [0.717, 1.165) is 47.4 Å². The Balaban J connectivity index is 1.71. The molecule has 0 spiro atoms. The molecule has 2 N–H and O–H groups in total. The first-order chi connectivity index (χ1) is 18.9. The number of esters is 1. The normalized spacial score (nSPS) is 17.3. The Labute approximate surface area is 235 Å². The Kier molecular flexibility index (Phi) is 9.10. The van der Waals surface area contributed by atoms with Crippen molar-refractivity contribution in [1.29, 1.82) is 0 Å². The number of nitrogens with zero attached hydrogens (tertiary/aromatic N) is 4. The average molecular weight is 552 g/mol. The van der Waals surface area contributed by atoms with Gasteiger partial charge in [0, 0.05) is 57.5 Å². The summed E-state index contributed by atoms with van der Waals surface area (Å²) in [6.07, 6.45) is 2.57. The van der Waals surface area contributed by atoms with Gasteiger partial charge in [-0.05, 0) is 70.2 Å². The second kappa shape index (κ2) is 12.3. The largest absolute Gasteiger partial charge is 0.462 e. The number of aliphatic hydroxyl groups is 1. The zero-order chi connectivity index (χ0) is 29.1. The van der Waals surface area contributed by atoms with Crippen molar-refractivity contribution in [2.24, 2.45) is 13.0 Å². The van der Waals surface area contributed by atoms with Crippen molar-refractivity contribution in [2.75, 3.05) is 13.1 Å². The molecular weight excluding hydrogens is 510 g/mol. The van der Waals surface area contributed by atoms with Gasteiger partial charge in [-0.15, -0.1) is 0 Å². The van der Waals surface area contributed by atoms with Gasteiger partial charge in [-0.2, -0.15) is 0 Å². The molecule has 4 rings (SSSR count). The molecule has 0 saturated carbocycles. The van der Waals surface area contributed by atoms with Crippen LogP contribution in [0, 0.1) is 12.8 Å². The van der Waals surface area contributed by atoms with E-state index in [2.05, 4.69) is 9.88 Å². The van der Waals surface area contributed by atoms with Crippen LogP contribution in [0.25, 0.3) is 22.4 Å². The van der Waals surface area contributed by atoms with Crippen LogP contribution in [-0.4, -0.2) is 67.3 Å². The number of benzene rings is 1. The Morgan fingerprint density at radius 3 is 2.62 bits per heavy atom. The molecule has 10 heteroatoms. The first kappa shape index (κ1) is 29.5. The number of aliphatic hydroxyl groups excluding tert-OH is 1. The molecule has 10 nitrogen and oxygen atoms in total. The van der Waals surface area contributed by atoms with Crippen molar-refractivity contribution < 1.29 is 19.4 Å². The third-order valence-corrected chi connectivity index (χ3v) is 7.45. The number of likely N-dealkylation sites (tertiary alicyclic amines) is 1. The second-order valence-electron chi connectivity index (χ2n) is 11.3. The van der Waals surface area contributed by atoms with Crippen molar-refractivity contribution in [3.05, 3.63) is 51.9 Å². The molecule has 2 aromatic heterocycles. The summed E-state index contributed by atoms with van der Waals surface area (Å²) in [5, 5.41) is 13.3. The number of nitrogens with one attached hydrogen (secondary N) is 1. The minimum Gasteiger partial charge on any atom is -0.462 e. The van der Waals surface area contributed by atoms with Crippen LogP contribution in [0.2, 0.25) is 0 Å². The van der Waals surface area contributed by atoms with Crippen molar-refractivity contribution in [3.8, 4) is 11.4 Å². The molecule has 1 aromatic carbocycles. The number of aryl methyl sites for hydroxylation is 2. The molecule has 0 radical (unpaired) electrons. The number of amides is 1. The van der Waals surface area contributed by atoms with Crippen LogP contribution in [0.5, 0.6) is 0 Å². The van der Waals surface area contributed by atoms with Gasteiger partial charge in [-0.1, -0.05) is 6.07 Å². The van der Waals surface area contributed by atoms with Gasteiger partial charge in [0.15, 0.2) is 0 Å². The van der Waals surface area contributed by atoms with E-state index in [0.29, 0.717) is 25.2 Å². The predicted molar refractivity (Wildman–Crippen MR) is 154 cm³/mol. The van der Waals surface area contributed by atoms with Crippen LogP contribution in [0.15, 0.2) is 35.3 Å². The first-order valence-electron chi connectivity index (χ1n) is 14.0. The first-order valence-corrected chi connectivity index (χ1v) is 14.0. The molecule has 1 aliphatic rings. The second-order valence-corrected chi connectivity index (χ2v) is 11.3. The highest BCUT2D eigenvalue weighted by Gasteiger charge is 2.27. The van der Waals surface area contributed by atoms with Gasteiger partial charge in [0.05, 0.1) is 23.2 Å². The van der Waals surface area contributed by atoms with Crippen LogP contribution < -0.4 is 10.9 Å². The van der Waals surface area contributed by atoms with Crippen molar-refractivity contribution in [2.45, 2.75) is 78.8 Å². The minimum absolute atomic E-state index is 0.0483. The molecule has 40 heavy (non-hydrogen) atoms. The monoisotopic (exact) mass is 551 g/mol. The number of carbonyl (C=O) groups is 2. The highest BCUT2D eigenvalue weighted by molar-refractivity contribution is 5.81. The highest BCUT2D eigenvalue weighted by Crippen LogP contribution is 2.29. The summed E-state index contributed by atoms with van der Waals surface area (Å²) in [5.74, 6) is 0.623. The van der Waals surface area contributed by atoms with Gasteiger partial charge in [0.25, 0.3) is 5.56 Å². The summed E-state index contributed by atoms with van der Waals surface area (Å²) in [4.78, 5) is 43.9. The van der Waals surface area contributed by atoms with Gasteiger partial charge < -0.3 is 23.9 Å². The number of piperidine rings is 1. The third kappa shape index (κ3) is 6.62. The Morgan fingerprint density at radius 1 is 1.23 bits per heavy atom. The fourth-order valence-electron chi connectivity index (χ4n) is 5.43. The van der Waals surface area contributed by atoms with Gasteiger partial charge in [0.1, 0.15) is 11.9 Å². The molecular formula is C30H41N5O5. The number of rotatable bonds is 9. The van der Waals surface area contributed by atoms with Crippen LogP contribution in [0.1, 0.15) is 51.7 Å².